The SMILES string of the molecule is CCCc1c(C(=O)NCC2(O)CCCC2)[nH]c(C)c1C(C)=O. The number of H-pyrrole nitrogens is 1. The zero-order valence-corrected chi connectivity index (χ0v) is 13.7. The molecule has 0 saturated heterocycles. The second-order valence-corrected chi connectivity index (χ2v) is 6.40. The van der Waals surface area contributed by atoms with Crippen molar-refractivity contribution in [2.45, 2.75) is 64.9 Å². The lowest BCUT2D eigenvalue weighted by atomic mass is 10.00. The molecule has 2 rings (SSSR count). The zero-order chi connectivity index (χ0) is 16.3. The predicted molar refractivity (Wildman–Crippen MR) is 85.3 cm³/mol. The number of amides is 1. The number of carbonyl (C=O) groups excluding carboxylic acids is 2. The second-order valence-electron chi connectivity index (χ2n) is 6.40. The van der Waals surface area contributed by atoms with Crippen molar-refractivity contribution in [3.05, 3.63) is 22.5 Å². The van der Waals surface area contributed by atoms with Crippen LogP contribution < -0.4 is 5.32 Å². The Morgan fingerprint density at radius 2 is 1.95 bits per heavy atom. The summed E-state index contributed by atoms with van der Waals surface area (Å²) in [6.45, 7) is 5.63. The van der Waals surface area contributed by atoms with E-state index in [1.54, 1.807) is 0 Å². The molecule has 0 unspecified atom stereocenters. The van der Waals surface area contributed by atoms with Crippen molar-refractivity contribution in [3.63, 3.8) is 0 Å². The first-order chi connectivity index (χ1) is 10.4. The number of aromatic amines is 1. The number of aliphatic hydroxyl groups is 1. The van der Waals surface area contributed by atoms with Crippen molar-refractivity contribution < 1.29 is 14.7 Å². The van der Waals surface area contributed by atoms with Crippen molar-refractivity contribution >= 4 is 11.7 Å². The molecule has 1 aromatic heterocycles. The third-order valence-corrected chi connectivity index (χ3v) is 4.48. The number of hydrogen-bond donors (Lipinski definition) is 3. The summed E-state index contributed by atoms with van der Waals surface area (Å²) in [6, 6.07) is 0. The van der Waals surface area contributed by atoms with E-state index in [2.05, 4.69) is 10.3 Å². The molecule has 22 heavy (non-hydrogen) atoms. The summed E-state index contributed by atoms with van der Waals surface area (Å²) in [5, 5.41) is 13.2. The van der Waals surface area contributed by atoms with E-state index < -0.39 is 5.60 Å². The normalized spacial score (nSPS) is 16.7. The van der Waals surface area contributed by atoms with Crippen molar-refractivity contribution in [1.82, 2.24) is 10.3 Å². The molecule has 5 nitrogen and oxygen atoms in total. The fourth-order valence-corrected chi connectivity index (χ4v) is 3.39. The third-order valence-electron chi connectivity index (χ3n) is 4.48. The van der Waals surface area contributed by atoms with Crippen LogP contribution in [0.1, 0.15) is 78.1 Å². The Hall–Kier alpha value is -1.62. The number of ketones is 1. The van der Waals surface area contributed by atoms with Crippen LogP contribution >= 0.6 is 0 Å². The number of aryl methyl sites for hydroxylation is 1. The lowest BCUT2D eigenvalue weighted by Crippen LogP contribution is -2.41. The molecule has 0 spiro atoms. The molecule has 1 aliphatic carbocycles. The summed E-state index contributed by atoms with van der Waals surface area (Å²) in [5.74, 6) is -0.259. The van der Waals surface area contributed by atoms with Crippen molar-refractivity contribution in [2.75, 3.05) is 6.54 Å². The van der Waals surface area contributed by atoms with Crippen LogP contribution in [0.5, 0.6) is 0 Å². The molecule has 122 valence electrons. The van der Waals surface area contributed by atoms with Crippen molar-refractivity contribution in [1.29, 1.82) is 0 Å². The van der Waals surface area contributed by atoms with E-state index in [1.807, 2.05) is 13.8 Å². The second kappa shape index (κ2) is 6.65. The highest BCUT2D eigenvalue weighted by molar-refractivity contribution is 6.02. The van der Waals surface area contributed by atoms with Gasteiger partial charge in [-0.25, -0.2) is 0 Å². The van der Waals surface area contributed by atoms with E-state index in [-0.39, 0.29) is 18.2 Å². The average molecular weight is 306 g/mol. The van der Waals surface area contributed by atoms with E-state index in [0.717, 1.165) is 43.4 Å². The summed E-state index contributed by atoms with van der Waals surface area (Å²) in [4.78, 5) is 27.3. The Kier molecular flexibility index (Phi) is 5.06. The van der Waals surface area contributed by atoms with Crippen LogP contribution in [-0.4, -0.2) is 33.9 Å². The summed E-state index contributed by atoms with van der Waals surface area (Å²) >= 11 is 0. The number of rotatable bonds is 6. The summed E-state index contributed by atoms with van der Waals surface area (Å²) < 4.78 is 0. The van der Waals surface area contributed by atoms with Crippen LogP contribution in [-0.2, 0) is 6.42 Å². The highest BCUT2D eigenvalue weighted by Crippen LogP contribution is 2.29. The minimum Gasteiger partial charge on any atom is -0.388 e. The Morgan fingerprint density at radius 1 is 1.32 bits per heavy atom. The van der Waals surface area contributed by atoms with Crippen LogP contribution in [0.3, 0.4) is 0 Å². The monoisotopic (exact) mass is 306 g/mol. The van der Waals surface area contributed by atoms with Gasteiger partial charge in [0.05, 0.1) is 5.60 Å². The molecule has 0 aromatic carbocycles. The van der Waals surface area contributed by atoms with Gasteiger partial charge in [0.2, 0.25) is 0 Å². The molecule has 1 heterocycles. The van der Waals surface area contributed by atoms with Gasteiger partial charge in [-0.2, -0.15) is 0 Å². The zero-order valence-electron chi connectivity index (χ0n) is 13.7. The molecule has 1 saturated carbocycles. The lowest BCUT2D eigenvalue weighted by molar-refractivity contribution is 0.0448. The quantitative estimate of drug-likeness (QED) is 0.706. The Labute approximate surface area is 131 Å². The first-order valence-electron chi connectivity index (χ1n) is 8.11. The molecule has 1 fully saturated rings. The van der Waals surface area contributed by atoms with Gasteiger partial charge in [0, 0.05) is 17.8 Å². The fourth-order valence-electron chi connectivity index (χ4n) is 3.39. The first-order valence-corrected chi connectivity index (χ1v) is 8.11. The molecule has 1 amide bonds. The molecule has 0 atom stereocenters. The van der Waals surface area contributed by atoms with E-state index >= 15 is 0 Å². The highest BCUT2D eigenvalue weighted by atomic mass is 16.3. The topological polar surface area (TPSA) is 82.2 Å². The van der Waals surface area contributed by atoms with E-state index in [1.165, 1.54) is 6.92 Å². The number of nitrogens with one attached hydrogen (secondary N) is 2. The van der Waals surface area contributed by atoms with Gasteiger partial charge >= 0.3 is 0 Å². The first kappa shape index (κ1) is 16.7. The molecule has 0 radical (unpaired) electrons. The van der Waals surface area contributed by atoms with Crippen molar-refractivity contribution in [3.8, 4) is 0 Å². The van der Waals surface area contributed by atoms with Gasteiger partial charge in [0.15, 0.2) is 5.78 Å². The molecule has 1 aromatic rings. The Morgan fingerprint density at radius 3 is 2.50 bits per heavy atom. The van der Waals surface area contributed by atoms with Gasteiger partial charge in [-0.15, -0.1) is 0 Å². The van der Waals surface area contributed by atoms with E-state index in [0.29, 0.717) is 17.7 Å². The smallest absolute Gasteiger partial charge is 0.268 e. The molecule has 1 aliphatic rings. The number of carbonyl (C=O) groups is 2. The third kappa shape index (κ3) is 3.40. The van der Waals surface area contributed by atoms with E-state index in [4.69, 9.17) is 0 Å². The molecule has 0 aliphatic heterocycles. The predicted octanol–water partition coefficient (Wildman–Crippen LogP) is 2.51. The van der Waals surface area contributed by atoms with Gasteiger partial charge in [0.25, 0.3) is 5.91 Å². The van der Waals surface area contributed by atoms with Crippen LogP contribution in [0, 0.1) is 6.92 Å². The van der Waals surface area contributed by atoms with E-state index in [9.17, 15) is 14.7 Å². The number of aromatic nitrogens is 1. The molecular weight excluding hydrogens is 280 g/mol. The lowest BCUT2D eigenvalue weighted by Gasteiger charge is -2.22. The fraction of sp³-hybridized carbons (Fsp3) is 0.647. The van der Waals surface area contributed by atoms with Gasteiger partial charge in [0.1, 0.15) is 5.69 Å². The number of Topliss-reactive ketones (excluding diaryl/α,β-unsaturated/α-hetero) is 1. The number of hydrogen-bond acceptors (Lipinski definition) is 3. The summed E-state index contributed by atoms with van der Waals surface area (Å²) in [5.41, 5.74) is 1.85. The van der Waals surface area contributed by atoms with Crippen LogP contribution in [0.4, 0.5) is 0 Å². The summed E-state index contributed by atoms with van der Waals surface area (Å²) in [7, 11) is 0. The highest BCUT2D eigenvalue weighted by Gasteiger charge is 2.32. The Bertz CT molecular complexity index is 569. The average Bonchev–Trinajstić information content (AvgIpc) is 3.01. The minimum atomic E-state index is -0.772. The molecule has 5 heteroatoms. The molecule has 3 N–H and O–H groups in total. The van der Waals surface area contributed by atoms with Gasteiger partial charge < -0.3 is 15.4 Å². The maximum atomic E-state index is 12.5. The minimum absolute atomic E-state index is 0.0225. The largest absolute Gasteiger partial charge is 0.388 e. The maximum absolute atomic E-state index is 12.5. The maximum Gasteiger partial charge on any atom is 0.268 e. The molecule has 0 bridgehead atoms. The standard InChI is InChI=1S/C17H26N2O3/c1-4-7-13-14(12(3)20)11(2)19-15(13)16(21)18-10-17(22)8-5-6-9-17/h19,22H,4-10H2,1-3H3,(H,18,21). The van der Waals surface area contributed by atoms with Gasteiger partial charge in [-0.1, -0.05) is 26.2 Å². The van der Waals surface area contributed by atoms with Crippen LogP contribution in [0.25, 0.3) is 0 Å². The summed E-state index contributed by atoms with van der Waals surface area (Å²) in [6.07, 6.45) is 5.02. The van der Waals surface area contributed by atoms with Crippen LogP contribution in [0.15, 0.2) is 0 Å². The van der Waals surface area contributed by atoms with Crippen LogP contribution in [0.2, 0.25) is 0 Å². The van der Waals surface area contributed by atoms with Gasteiger partial charge in [-0.05, 0) is 38.7 Å². The van der Waals surface area contributed by atoms with Gasteiger partial charge in [-0.3, -0.25) is 9.59 Å². The van der Waals surface area contributed by atoms with Crippen molar-refractivity contribution in [2.24, 2.45) is 0 Å². The Balaban J connectivity index is 2.18. The molecular formula is C17H26N2O3.